The maximum atomic E-state index is 12.2. The van der Waals surface area contributed by atoms with Gasteiger partial charge in [0.2, 0.25) is 11.8 Å². The van der Waals surface area contributed by atoms with Gasteiger partial charge in [0.25, 0.3) is 0 Å². The van der Waals surface area contributed by atoms with Crippen LogP contribution in [0.1, 0.15) is 29.8 Å². The highest BCUT2D eigenvalue weighted by Gasteiger charge is 2.10. The van der Waals surface area contributed by atoms with Gasteiger partial charge in [-0.3, -0.25) is 9.59 Å². The molecule has 0 fully saturated rings. The van der Waals surface area contributed by atoms with Crippen molar-refractivity contribution in [3.05, 3.63) is 53.6 Å². The Balaban J connectivity index is 2.04. The van der Waals surface area contributed by atoms with Gasteiger partial charge >= 0.3 is 0 Å². The van der Waals surface area contributed by atoms with Crippen molar-refractivity contribution in [2.45, 2.75) is 20.3 Å². The Hall–Kier alpha value is -3.02. The molecule has 0 aliphatic rings. The Labute approximate surface area is 146 Å². The molecule has 0 bridgehead atoms. The molecule has 2 aromatic rings. The van der Waals surface area contributed by atoms with Gasteiger partial charge in [-0.15, -0.1) is 0 Å². The van der Waals surface area contributed by atoms with Crippen LogP contribution in [0.5, 0.6) is 11.5 Å². The Bertz CT molecular complexity index is 742. The van der Waals surface area contributed by atoms with Crippen LogP contribution in [-0.4, -0.2) is 25.0 Å². The van der Waals surface area contributed by atoms with E-state index >= 15 is 0 Å². The highest BCUT2D eigenvalue weighted by atomic mass is 16.5. The summed E-state index contributed by atoms with van der Waals surface area (Å²) in [5.74, 6) is 0.616. The first kappa shape index (κ1) is 18.3. The first-order valence-corrected chi connectivity index (χ1v) is 8.11. The number of carbonyl (C=O) groups excluding carboxylic acids is 2. The lowest BCUT2D eigenvalue weighted by atomic mass is 10.1. The molecule has 25 heavy (non-hydrogen) atoms. The fraction of sp³-hybridized carbons (Fsp3) is 0.263. The van der Waals surface area contributed by atoms with Crippen LogP contribution in [-0.2, 0) is 11.2 Å². The lowest BCUT2D eigenvalue weighted by molar-refractivity contribution is -0.115. The minimum absolute atomic E-state index is 0.168. The van der Waals surface area contributed by atoms with E-state index in [0.29, 0.717) is 36.0 Å². The van der Waals surface area contributed by atoms with E-state index in [-0.39, 0.29) is 12.3 Å². The molecule has 0 saturated carbocycles. The number of carbonyl (C=O) groups is 2. The van der Waals surface area contributed by atoms with E-state index in [1.54, 1.807) is 30.3 Å². The van der Waals surface area contributed by atoms with E-state index in [2.05, 4.69) is 5.32 Å². The molecule has 0 aliphatic heterocycles. The van der Waals surface area contributed by atoms with Crippen LogP contribution in [0.2, 0.25) is 0 Å². The SMILES string of the molecule is CCOc1ccc(CC(=O)Nc2ccc(C(N)=O)cc2)cc1OCC. The zero-order chi connectivity index (χ0) is 18.2. The second kappa shape index (κ2) is 8.73. The van der Waals surface area contributed by atoms with Crippen molar-refractivity contribution in [3.63, 3.8) is 0 Å². The maximum absolute atomic E-state index is 12.2. The average molecular weight is 342 g/mol. The predicted molar refractivity (Wildman–Crippen MR) is 96.1 cm³/mol. The Morgan fingerprint density at radius 3 is 2.20 bits per heavy atom. The highest BCUT2D eigenvalue weighted by molar-refractivity contribution is 5.95. The summed E-state index contributed by atoms with van der Waals surface area (Å²) in [6.45, 7) is 4.86. The van der Waals surface area contributed by atoms with Gasteiger partial charge in [0, 0.05) is 11.3 Å². The van der Waals surface area contributed by atoms with Crippen LogP contribution < -0.4 is 20.5 Å². The minimum Gasteiger partial charge on any atom is -0.490 e. The molecule has 6 heteroatoms. The van der Waals surface area contributed by atoms with Crippen molar-refractivity contribution in [2.75, 3.05) is 18.5 Å². The number of ether oxygens (including phenoxy) is 2. The molecule has 0 radical (unpaired) electrons. The van der Waals surface area contributed by atoms with Crippen molar-refractivity contribution in [1.82, 2.24) is 0 Å². The summed E-state index contributed by atoms with van der Waals surface area (Å²) in [5.41, 5.74) is 7.01. The summed E-state index contributed by atoms with van der Waals surface area (Å²) in [7, 11) is 0. The third kappa shape index (κ3) is 5.24. The van der Waals surface area contributed by atoms with Crippen LogP contribution >= 0.6 is 0 Å². The van der Waals surface area contributed by atoms with Gasteiger partial charge < -0.3 is 20.5 Å². The molecule has 2 aromatic carbocycles. The maximum Gasteiger partial charge on any atom is 0.248 e. The van der Waals surface area contributed by atoms with Crippen molar-refractivity contribution in [1.29, 1.82) is 0 Å². The third-order valence-electron chi connectivity index (χ3n) is 3.43. The number of amides is 2. The van der Waals surface area contributed by atoms with Crippen molar-refractivity contribution in [3.8, 4) is 11.5 Å². The fourth-order valence-electron chi connectivity index (χ4n) is 2.31. The largest absolute Gasteiger partial charge is 0.490 e. The first-order chi connectivity index (χ1) is 12.0. The molecule has 6 nitrogen and oxygen atoms in total. The summed E-state index contributed by atoms with van der Waals surface area (Å²) < 4.78 is 11.1. The molecular weight excluding hydrogens is 320 g/mol. The molecule has 2 rings (SSSR count). The van der Waals surface area contributed by atoms with Gasteiger partial charge in [0.05, 0.1) is 19.6 Å². The minimum atomic E-state index is -0.504. The lowest BCUT2D eigenvalue weighted by Crippen LogP contribution is -2.15. The number of hydrogen-bond donors (Lipinski definition) is 2. The van der Waals surface area contributed by atoms with Gasteiger partial charge in [0.15, 0.2) is 11.5 Å². The zero-order valence-corrected chi connectivity index (χ0v) is 14.4. The van der Waals surface area contributed by atoms with E-state index in [0.717, 1.165) is 5.56 Å². The summed E-state index contributed by atoms with van der Waals surface area (Å²) in [5, 5.41) is 2.78. The quantitative estimate of drug-likeness (QED) is 0.772. The number of rotatable bonds is 8. The molecule has 0 spiro atoms. The van der Waals surface area contributed by atoms with Crippen LogP contribution in [0.3, 0.4) is 0 Å². The molecule has 3 N–H and O–H groups in total. The smallest absolute Gasteiger partial charge is 0.248 e. The molecule has 2 amide bonds. The van der Waals surface area contributed by atoms with Crippen LogP contribution in [0.15, 0.2) is 42.5 Å². The number of nitrogens with one attached hydrogen (secondary N) is 1. The number of primary amides is 1. The van der Waals surface area contributed by atoms with E-state index in [9.17, 15) is 9.59 Å². The Morgan fingerprint density at radius 1 is 0.960 bits per heavy atom. The van der Waals surface area contributed by atoms with Gasteiger partial charge in [-0.1, -0.05) is 6.07 Å². The van der Waals surface area contributed by atoms with E-state index in [1.807, 2.05) is 26.0 Å². The van der Waals surface area contributed by atoms with E-state index < -0.39 is 5.91 Å². The second-order valence-corrected chi connectivity index (χ2v) is 5.31. The Morgan fingerprint density at radius 2 is 1.60 bits per heavy atom. The molecule has 0 atom stereocenters. The lowest BCUT2D eigenvalue weighted by Gasteiger charge is -2.12. The van der Waals surface area contributed by atoms with E-state index in [1.165, 1.54) is 0 Å². The normalized spacial score (nSPS) is 10.2. The summed E-state index contributed by atoms with van der Waals surface area (Å²) in [6, 6.07) is 11.9. The van der Waals surface area contributed by atoms with Crippen LogP contribution in [0, 0.1) is 0 Å². The standard InChI is InChI=1S/C19H22N2O4/c1-3-24-16-10-5-13(11-17(16)25-4-2)12-18(22)21-15-8-6-14(7-9-15)19(20)23/h5-11H,3-4,12H2,1-2H3,(H2,20,23)(H,21,22). The number of anilines is 1. The molecule has 0 unspecified atom stereocenters. The monoisotopic (exact) mass is 342 g/mol. The number of benzene rings is 2. The molecule has 132 valence electrons. The first-order valence-electron chi connectivity index (χ1n) is 8.11. The van der Waals surface area contributed by atoms with Gasteiger partial charge in [-0.05, 0) is 55.8 Å². The van der Waals surface area contributed by atoms with E-state index in [4.69, 9.17) is 15.2 Å². The molecule has 0 aliphatic carbocycles. The van der Waals surface area contributed by atoms with Crippen LogP contribution in [0.4, 0.5) is 5.69 Å². The number of nitrogens with two attached hydrogens (primary N) is 1. The van der Waals surface area contributed by atoms with Crippen molar-refractivity contribution < 1.29 is 19.1 Å². The van der Waals surface area contributed by atoms with Gasteiger partial charge in [0.1, 0.15) is 0 Å². The average Bonchev–Trinajstić information content (AvgIpc) is 2.58. The van der Waals surface area contributed by atoms with Gasteiger partial charge in [-0.25, -0.2) is 0 Å². The predicted octanol–water partition coefficient (Wildman–Crippen LogP) is 2.76. The Kier molecular flexibility index (Phi) is 6.39. The molecular formula is C19H22N2O4. The third-order valence-corrected chi connectivity index (χ3v) is 3.43. The second-order valence-electron chi connectivity index (χ2n) is 5.31. The van der Waals surface area contributed by atoms with Crippen molar-refractivity contribution >= 4 is 17.5 Å². The summed E-state index contributed by atoms with van der Waals surface area (Å²) in [6.07, 6.45) is 0.198. The number of hydrogen-bond acceptors (Lipinski definition) is 4. The van der Waals surface area contributed by atoms with Gasteiger partial charge in [-0.2, -0.15) is 0 Å². The molecule has 0 heterocycles. The molecule has 0 saturated heterocycles. The topological polar surface area (TPSA) is 90.6 Å². The summed E-state index contributed by atoms with van der Waals surface area (Å²) >= 11 is 0. The summed E-state index contributed by atoms with van der Waals surface area (Å²) in [4.78, 5) is 23.3. The van der Waals surface area contributed by atoms with Crippen molar-refractivity contribution in [2.24, 2.45) is 5.73 Å². The molecule has 0 aromatic heterocycles. The zero-order valence-electron chi connectivity index (χ0n) is 14.4. The highest BCUT2D eigenvalue weighted by Crippen LogP contribution is 2.28. The fourth-order valence-corrected chi connectivity index (χ4v) is 2.31. The van der Waals surface area contributed by atoms with Crippen LogP contribution in [0.25, 0.3) is 0 Å².